The quantitative estimate of drug-likeness (QED) is 0.0830. The first-order chi connectivity index (χ1) is 25.2. The van der Waals surface area contributed by atoms with Crippen LogP contribution in [-0.4, -0.2) is 81.0 Å². The molecule has 6 aromatic rings. The van der Waals surface area contributed by atoms with Gasteiger partial charge in [-0.25, -0.2) is 0 Å². The Kier molecular flexibility index (Phi) is 13.7. The lowest BCUT2D eigenvalue weighted by atomic mass is 9.80. The zero-order chi connectivity index (χ0) is 38.6. The molecule has 0 aliphatic carbocycles. The zero-order valence-electron chi connectivity index (χ0n) is 27.6. The van der Waals surface area contributed by atoms with Crippen LogP contribution in [0.2, 0.25) is 0 Å². The van der Waals surface area contributed by atoms with Gasteiger partial charge in [-0.15, -0.1) is 20.4 Å². The number of hydrogen-bond acceptors (Lipinski definition) is 11. The smallest absolute Gasteiger partial charge is 0.423 e. The molecular weight excluding hydrogens is 711 g/mol. The fourth-order valence-electron chi connectivity index (χ4n) is 4.54. The first kappa shape index (κ1) is 40.1. The number of nitrogens with two attached hydrogens (primary N) is 1. The number of benzene rings is 4. The minimum atomic E-state index is -4.39. The van der Waals surface area contributed by atoms with Crippen LogP contribution < -0.4 is 11.2 Å². The van der Waals surface area contributed by atoms with Crippen LogP contribution in [0.4, 0.5) is 32.0 Å². The summed E-state index contributed by atoms with van der Waals surface area (Å²) in [6, 6.07) is 23.4. The largest absolute Gasteiger partial charge is 0.488 e. The van der Waals surface area contributed by atoms with Crippen LogP contribution in [0.1, 0.15) is 22.3 Å². The highest BCUT2D eigenvalue weighted by Crippen LogP contribution is 2.30. The summed E-state index contributed by atoms with van der Waals surface area (Å²) in [5.41, 5.74) is 8.08. The summed E-state index contributed by atoms with van der Waals surface area (Å²) < 4.78 is 73.9. The Morgan fingerprint density at radius 2 is 1.06 bits per heavy atom. The van der Waals surface area contributed by atoms with E-state index in [-0.39, 0.29) is 25.2 Å². The van der Waals surface area contributed by atoms with Gasteiger partial charge in [-0.2, -0.15) is 35.9 Å². The molecule has 2 heterocycles. The van der Waals surface area contributed by atoms with Crippen molar-refractivity contribution in [3.63, 3.8) is 0 Å². The Bertz CT molecular complexity index is 2020. The predicted octanol–water partition coefficient (Wildman–Crippen LogP) is 3.24. The van der Waals surface area contributed by atoms with E-state index in [0.717, 1.165) is 58.7 Å². The van der Waals surface area contributed by atoms with Gasteiger partial charge in [0.25, 0.3) is 0 Å². The normalized spacial score (nSPS) is 11.3. The van der Waals surface area contributed by atoms with Gasteiger partial charge < -0.3 is 26.0 Å². The Balaban J connectivity index is 0.000000192. The van der Waals surface area contributed by atoms with Crippen molar-refractivity contribution >= 4 is 18.3 Å². The van der Waals surface area contributed by atoms with Crippen molar-refractivity contribution in [3.05, 3.63) is 119 Å². The van der Waals surface area contributed by atoms with Gasteiger partial charge in [0.1, 0.15) is 0 Å². The summed E-state index contributed by atoms with van der Waals surface area (Å²) in [6.45, 7) is 0.469. The van der Waals surface area contributed by atoms with Gasteiger partial charge in [-0.3, -0.25) is 0 Å². The predicted molar refractivity (Wildman–Crippen MR) is 181 cm³/mol. The molecule has 0 spiro atoms. The highest BCUT2D eigenvalue weighted by atomic mass is 19.4. The number of alkyl halides is 6. The molecule has 20 heteroatoms. The number of aliphatic hydroxyl groups excluding tert-OH is 2. The number of anilines is 1. The van der Waals surface area contributed by atoms with Crippen molar-refractivity contribution in [1.82, 2.24) is 40.4 Å². The van der Waals surface area contributed by atoms with Gasteiger partial charge >= 0.3 is 19.5 Å². The van der Waals surface area contributed by atoms with E-state index in [1.165, 1.54) is 21.7 Å². The van der Waals surface area contributed by atoms with Crippen LogP contribution in [0.15, 0.2) is 97.1 Å². The maximum Gasteiger partial charge on any atom is 0.488 e. The molecule has 6 rings (SSSR count). The second kappa shape index (κ2) is 18.2. The van der Waals surface area contributed by atoms with Gasteiger partial charge in [0.15, 0.2) is 0 Å². The number of aromatic nitrogens is 8. The highest BCUT2D eigenvalue weighted by molar-refractivity contribution is 6.58. The Hall–Kier alpha value is -5.70. The molecule has 0 bridgehead atoms. The number of aliphatic hydroxyl groups is 2. The number of nitrogens with zero attached hydrogens (tertiary/aromatic N) is 8. The summed E-state index contributed by atoms with van der Waals surface area (Å²) in [6.07, 6.45) is -8.28. The molecule has 0 amide bonds. The van der Waals surface area contributed by atoms with E-state index in [0.29, 0.717) is 30.3 Å². The molecular formula is C33H32BF6N9O4. The second-order valence-electron chi connectivity index (χ2n) is 11.0. The van der Waals surface area contributed by atoms with Gasteiger partial charge in [-0.1, -0.05) is 72.8 Å². The van der Waals surface area contributed by atoms with E-state index >= 15 is 0 Å². The molecule has 0 fully saturated rings. The Morgan fingerprint density at radius 1 is 0.604 bits per heavy atom. The lowest BCUT2D eigenvalue weighted by Crippen LogP contribution is -2.29. The Morgan fingerprint density at radius 3 is 1.53 bits per heavy atom. The molecule has 13 nitrogen and oxygen atoms in total. The number of para-hydroxylation sites is 1. The van der Waals surface area contributed by atoms with Crippen LogP contribution in [0.25, 0.3) is 22.8 Å². The number of hydrogen-bond donors (Lipinski definition) is 5. The monoisotopic (exact) mass is 743 g/mol. The molecule has 0 unspecified atom stereocenters. The maximum atomic E-state index is 12.7. The molecule has 0 aliphatic rings. The van der Waals surface area contributed by atoms with Crippen LogP contribution in [0, 0.1) is 0 Å². The molecule has 0 radical (unpaired) electrons. The summed E-state index contributed by atoms with van der Waals surface area (Å²) >= 11 is 0. The topological polar surface area (TPSA) is 194 Å². The summed E-state index contributed by atoms with van der Waals surface area (Å²) in [5.74, 6) is 0.887. The van der Waals surface area contributed by atoms with Crippen molar-refractivity contribution < 1.29 is 46.6 Å². The third kappa shape index (κ3) is 11.7. The lowest BCUT2D eigenvalue weighted by Gasteiger charge is -2.09. The standard InChI is InChI=1S/C17H15F3N4O.C9H11N5O.C7H6BF3O2/c18-17(19,20)14-7-5-12(6-8-14)11-13-3-1-2-4-15(13)16-21-23-24(22-16)9-10-25;10-8-4-2-1-3-7(8)9-11-13-14(12-9)5-6-15;9-7(10,11)5-1-3-6(4-2-5)8(12)13/h1-8,25H,9-11H2;1-4,15H,5-6,10H2;1-4,12-13H. The van der Waals surface area contributed by atoms with Gasteiger partial charge in [-0.05, 0) is 57.7 Å². The fraction of sp³-hybridized carbons (Fsp3) is 0.212. The van der Waals surface area contributed by atoms with E-state index in [1.54, 1.807) is 6.07 Å². The molecule has 4 aromatic carbocycles. The summed E-state index contributed by atoms with van der Waals surface area (Å²) in [5, 5.41) is 58.6. The molecule has 0 aliphatic heterocycles. The van der Waals surface area contributed by atoms with Gasteiger partial charge in [0, 0.05) is 16.8 Å². The molecule has 0 atom stereocenters. The van der Waals surface area contributed by atoms with Crippen LogP contribution in [0.5, 0.6) is 0 Å². The van der Waals surface area contributed by atoms with E-state index < -0.39 is 30.6 Å². The minimum absolute atomic E-state index is 0.0138. The van der Waals surface area contributed by atoms with E-state index in [2.05, 4.69) is 30.8 Å². The number of tetrazole rings is 2. The number of rotatable bonds is 9. The molecule has 278 valence electrons. The number of nitrogen functional groups attached to an aromatic ring is 1. The average Bonchev–Trinajstić information content (AvgIpc) is 3.79. The summed E-state index contributed by atoms with van der Waals surface area (Å²) in [4.78, 5) is 2.63. The molecule has 6 N–H and O–H groups in total. The fourth-order valence-corrected chi connectivity index (χ4v) is 4.54. The van der Waals surface area contributed by atoms with Crippen molar-refractivity contribution in [2.24, 2.45) is 0 Å². The second-order valence-corrected chi connectivity index (χ2v) is 11.0. The lowest BCUT2D eigenvalue weighted by molar-refractivity contribution is -0.138. The summed E-state index contributed by atoms with van der Waals surface area (Å²) in [7, 11) is -1.73. The molecule has 53 heavy (non-hydrogen) atoms. The number of halogens is 6. The van der Waals surface area contributed by atoms with Gasteiger partial charge in [0.2, 0.25) is 11.6 Å². The molecule has 2 aromatic heterocycles. The molecule has 0 saturated heterocycles. The third-order valence-electron chi connectivity index (χ3n) is 7.18. The van der Waals surface area contributed by atoms with Crippen LogP contribution >= 0.6 is 0 Å². The van der Waals surface area contributed by atoms with Crippen LogP contribution in [-0.2, 0) is 31.9 Å². The average molecular weight is 743 g/mol. The van der Waals surface area contributed by atoms with E-state index in [1.807, 2.05) is 42.5 Å². The molecule has 0 saturated carbocycles. The van der Waals surface area contributed by atoms with Crippen molar-refractivity contribution in [2.75, 3.05) is 18.9 Å². The third-order valence-corrected chi connectivity index (χ3v) is 7.18. The maximum absolute atomic E-state index is 12.7. The van der Waals surface area contributed by atoms with Crippen molar-refractivity contribution in [2.45, 2.75) is 31.9 Å². The van der Waals surface area contributed by atoms with Crippen molar-refractivity contribution in [3.8, 4) is 22.8 Å². The van der Waals surface area contributed by atoms with Crippen LogP contribution in [0.3, 0.4) is 0 Å². The highest BCUT2D eigenvalue weighted by Gasteiger charge is 2.31. The van der Waals surface area contributed by atoms with E-state index in [9.17, 15) is 26.3 Å². The first-order valence-corrected chi connectivity index (χ1v) is 15.6. The minimum Gasteiger partial charge on any atom is -0.423 e. The first-order valence-electron chi connectivity index (χ1n) is 15.6. The van der Waals surface area contributed by atoms with Crippen molar-refractivity contribution in [1.29, 1.82) is 0 Å². The Labute approximate surface area is 298 Å². The zero-order valence-corrected chi connectivity index (χ0v) is 27.6. The van der Waals surface area contributed by atoms with E-state index in [4.69, 9.17) is 26.0 Å². The van der Waals surface area contributed by atoms with Gasteiger partial charge in [0.05, 0.1) is 37.4 Å². The SMILES string of the molecule is Nc1ccccc1-c1nnn(CCO)n1.OB(O)c1ccc(C(F)(F)F)cc1.OCCn1nnc(-c2ccccc2Cc2ccc(C(F)(F)F)cc2)n1.